The molecule has 0 spiro atoms. The average molecular weight is 282 g/mol. The second-order valence-corrected chi connectivity index (χ2v) is 4.42. The molecule has 0 aliphatic heterocycles. The summed E-state index contributed by atoms with van der Waals surface area (Å²) >= 11 is 2.28. The third-order valence-corrected chi connectivity index (χ3v) is 2.94. The molecule has 1 nitrogen and oxygen atoms in total. The van der Waals surface area contributed by atoms with Crippen molar-refractivity contribution in [3.63, 3.8) is 0 Å². The predicted molar refractivity (Wildman–Crippen MR) is 62.5 cm³/mol. The zero-order chi connectivity index (χ0) is 9.40. The third-order valence-electron chi connectivity index (χ3n) is 1.81. The first-order valence-corrected chi connectivity index (χ1v) is 5.82. The molecule has 0 aromatic rings. The summed E-state index contributed by atoms with van der Waals surface area (Å²) < 4.78 is 1.26. The highest BCUT2D eigenvalue weighted by Gasteiger charge is 1.99. The molecule has 0 fully saturated rings. The minimum Gasteiger partial charge on any atom is -0.389 e. The summed E-state index contributed by atoms with van der Waals surface area (Å²) in [7, 11) is 0. The highest BCUT2D eigenvalue weighted by Crippen LogP contribution is 2.13. The number of halogens is 1. The molecule has 0 aromatic heterocycles. The van der Waals surface area contributed by atoms with Crippen LogP contribution in [-0.2, 0) is 0 Å². The minimum absolute atomic E-state index is 0.219. The van der Waals surface area contributed by atoms with Crippen molar-refractivity contribution in [1.82, 2.24) is 0 Å². The summed E-state index contributed by atoms with van der Waals surface area (Å²) in [5.41, 5.74) is 0. The van der Waals surface area contributed by atoms with Crippen LogP contribution in [0.5, 0.6) is 0 Å². The van der Waals surface area contributed by atoms with E-state index in [-0.39, 0.29) is 6.10 Å². The van der Waals surface area contributed by atoms with Crippen molar-refractivity contribution >= 4 is 22.6 Å². The fourth-order valence-corrected chi connectivity index (χ4v) is 1.43. The number of hydrogen-bond donors (Lipinski definition) is 1. The predicted octanol–water partition coefficient (Wildman–Crippen LogP) is 3.66. The van der Waals surface area contributed by atoms with Crippen LogP contribution in [0.3, 0.4) is 0 Å². The molecule has 0 heterocycles. The van der Waals surface area contributed by atoms with Gasteiger partial charge in [-0.3, -0.25) is 0 Å². The third kappa shape index (κ3) is 7.10. The van der Waals surface area contributed by atoms with E-state index in [1.54, 1.807) is 0 Å². The zero-order valence-corrected chi connectivity index (χ0v) is 10.2. The highest BCUT2D eigenvalue weighted by atomic mass is 127. The lowest BCUT2D eigenvalue weighted by molar-refractivity contribution is 0.208. The SMILES string of the molecule is CCCCCC(O)/C=C(\I)CC. The Morgan fingerprint density at radius 2 is 2.08 bits per heavy atom. The Labute approximate surface area is 89.4 Å². The molecule has 1 atom stereocenters. The van der Waals surface area contributed by atoms with Gasteiger partial charge in [-0.2, -0.15) is 0 Å². The number of unbranched alkanes of at least 4 members (excludes halogenated alkanes) is 2. The zero-order valence-electron chi connectivity index (χ0n) is 8.02. The number of allylic oxidation sites excluding steroid dienone is 1. The van der Waals surface area contributed by atoms with Crippen molar-refractivity contribution in [3.8, 4) is 0 Å². The van der Waals surface area contributed by atoms with Gasteiger partial charge in [0.15, 0.2) is 0 Å². The summed E-state index contributed by atoms with van der Waals surface area (Å²) in [6.45, 7) is 4.29. The molecule has 1 unspecified atom stereocenters. The monoisotopic (exact) mass is 282 g/mol. The van der Waals surface area contributed by atoms with Gasteiger partial charge in [-0.15, -0.1) is 0 Å². The summed E-state index contributed by atoms with van der Waals surface area (Å²) in [6, 6.07) is 0. The van der Waals surface area contributed by atoms with Crippen LogP contribution in [0.4, 0.5) is 0 Å². The maximum atomic E-state index is 9.50. The van der Waals surface area contributed by atoms with E-state index in [0.717, 1.165) is 19.3 Å². The van der Waals surface area contributed by atoms with Gasteiger partial charge in [0, 0.05) is 0 Å². The van der Waals surface area contributed by atoms with E-state index in [1.807, 2.05) is 6.08 Å². The van der Waals surface area contributed by atoms with Gasteiger partial charge >= 0.3 is 0 Å². The van der Waals surface area contributed by atoms with Gasteiger partial charge in [0.2, 0.25) is 0 Å². The van der Waals surface area contributed by atoms with Crippen LogP contribution in [0, 0.1) is 0 Å². The molecule has 12 heavy (non-hydrogen) atoms. The highest BCUT2D eigenvalue weighted by molar-refractivity contribution is 14.1. The van der Waals surface area contributed by atoms with E-state index in [4.69, 9.17) is 0 Å². The van der Waals surface area contributed by atoms with Crippen molar-refractivity contribution in [2.75, 3.05) is 0 Å². The molecule has 0 saturated heterocycles. The molecular weight excluding hydrogens is 263 g/mol. The van der Waals surface area contributed by atoms with Gasteiger partial charge in [0.25, 0.3) is 0 Å². The Bertz CT molecular complexity index is 132. The lowest BCUT2D eigenvalue weighted by atomic mass is 10.1. The molecular formula is C10H19IO. The Morgan fingerprint density at radius 1 is 1.42 bits per heavy atom. The van der Waals surface area contributed by atoms with Crippen molar-refractivity contribution < 1.29 is 5.11 Å². The van der Waals surface area contributed by atoms with E-state index >= 15 is 0 Å². The van der Waals surface area contributed by atoms with E-state index in [0.29, 0.717) is 0 Å². The largest absolute Gasteiger partial charge is 0.389 e. The standard InChI is InChI=1S/C10H19IO/c1-3-5-6-7-10(12)8-9(11)4-2/h8,10,12H,3-7H2,1-2H3/b9-8-. The number of aliphatic hydroxyl groups is 1. The summed E-state index contributed by atoms with van der Waals surface area (Å²) in [4.78, 5) is 0. The van der Waals surface area contributed by atoms with E-state index < -0.39 is 0 Å². The van der Waals surface area contributed by atoms with Crippen LogP contribution in [0.15, 0.2) is 9.66 Å². The van der Waals surface area contributed by atoms with Gasteiger partial charge < -0.3 is 5.11 Å². The van der Waals surface area contributed by atoms with Crippen LogP contribution in [0.2, 0.25) is 0 Å². The quantitative estimate of drug-likeness (QED) is 0.582. The Balaban J connectivity index is 3.51. The topological polar surface area (TPSA) is 20.2 Å². The molecule has 0 aliphatic rings. The number of hydrogen-bond acceptors (Lipinski definition) is 1. The van der Waals surface area contributed by atoms with Crippen LogP contribution in [0.1, 0.15) is 46.0 Å². The van der Waals surface area contributed by atoms with Crippen molar-refractivity contribution in [2.45, 2.75) is 52.1 Å². The second kappa shape index (κ2) is 8.05. The van der Waals surface area contributed by atoms with Crippen molar-refractivity contribution in [3.05, 3.63) is 9.66 Å². The summed E-state index contributed by atoms with van der Waals surface area (Å²) in [5.74, 6) is 0. The van der Waals surface area contributed by atoms with Crippen LogP contribution in [-0.4, -0.2) is 11.2 Å². The van der Waals surface area contributed by atoms with Crippen LogP contribution < -0.4 is 0 Å². The molecule has 0 aromatic carbocycles. The Morgan fingerprint density at radius 3 is 2.58 bits per heavy atom. The van der Waals surface area contributed by atoms with Crippen LogP contribution in [0.25, 0.3) is 0 Å². The average Bonchev–Trinajstić information content (AvgIpc) is 2.05. The minimum atomic E-state index is -0.219. The van der Waals surface area contributed by atoms with Gasteiger partial charge in [-0.1, -0.05) is 33.1 Å². The lowest BCUT2D eigenvalue weighted by Gasteiger charge is -2.05. The molecule has 72 valence electrons. The van der Waals surface area contributed by atoms with E-state index in [9.17, 15) is 5.11 Å². The maximum Gasteiger partial charge on any atom is 0.0730 e. The molecule has 1 N–H and O–H groups in total. The normalized spacial score (nSPS) is 14.8. The fraction of sp³-hybridized carbons (Fsp3) is 0.800. The molecule has 0 amide bonds. The first kappa shape index (κ1) is 12.4. The summed E-state index contributed by atoms with van der Waals surface area (Å²) in [6.07, 6.45) is 7.29. The van der Waals surface area contributed by atoms with Crippen molar-refractivity contribution in [2.24, 2.45) is 0 Å². The first-order valence-electron chi connectivity index (χ1n) is 4.75. The van der Waals surface area contributed by atoms with Gasteiger partial charge in [-0.05, 0) is 45.1 Å². The van der Waals surface area contributed by atoms with E-state index in [2.05, 4.69) is 36.4 Å². The Kier molecular flexibility index (Phi) is 8.34. The second-order valence-electron chi connectivity index (χ2n) is 3.03. The maximum absolute atomic E-state index is 9.50. The van der Waals surface area contributed by atoms with E-state index in [1.165, 1.54) is 16.4 Å². The molecule has 0 saturated carbocycles. The first-order chi connectivity index (χ1) is 5.70. The molecule has 0 radical (unpaired) electrons. The number of rotatable bonds is 6. The molecule has 0 bridgehead atoms. The molecule has 0 aliphatic carbocycles. The van der Waals surface area contributed by atoms with Crippen LogP contribution >= 0.6 is 22.6 Å². The Hall–Kier alpha value is 0.430. The fourth-order valence-electron chi connectivity index (χ4n) is 1.01. The van der Waals surface area contributed by atoms with Gasteiger partial charge in [0.1, 0.15) is 0 Å². The molecule has 2 heteroatoms. The smallest absolute Gasteiger partial charge is 0.0730 e. The molecule has 0 rings (SSSR count). The summed E-state index contributed by atoms with van der Waals surface area (Å²) in [5, 5.41) is 9.50. The van der Waals surface area contributed by atoms with Gasteiger partial charge in [-0.25, -0.2) is 0 Å². The van der Waals surface area contributed by atoms with Crippen molar-refractivity contribution in [1.29, 1.82) is 0 Å². The lowest BCUT2D eigenvalue weighted by Crippen LogP contribution is -2.01. The number of aliphatic hydroxyl groups excluding tert-OH is 1. The van der Waals surface area contributed by atoms with Gasteiger partial charge in [0.05, 0.1) is 6.10 Å².